The molecule has 18 heavy (non-hydrogen) atoms. The third-order valence-electron chi connectivity index (χ3n) is 3.17. The molecule has 0 aliphatic carbocycles. The van der Waals surface area contributed by atoms with Crippen LogP contribution in [0.25, 0.3) is 0 Å². The van der Waals surface area contributed by atoms with Crippen LogP contribution in [0, 0.1) is 0 Å². The molecule has 0 aromatic carbocycles. The lowest BCUT2D eigenvalue weighted by Crippen LogP contribution is -2.31. The van der Waals surface area contributed by atoms with Gasteiger partial charge in [0.2, 0.25) is 0 Å². The molecule has 0 atom stereocenters. The number of thioether (sulfide) groups is 1. The fourth-order valence-electron chi connectivity index (χ4n) is 1.72. The minimum Gasteiger partial charge on any atom is -0.481 e. The molecule has 0 spiro atoms. The third kappa shape index (κ3) is 4.17. The average molecular weight is 288 g/mol. The Hall–Kier alpha value is -0.750. The average Bonchev–Trinajstić information content (AvgIpc) is 2.78. The van der Waals surface area contributed by atoms with Gasteiger partial charge in [0.25, 0.3) is 0 Å². The minimum absolute atomic E-state index is 0.00654. The Morgan fingerprint density at radius 1 is 1.56 bits per heavy atom. The first kappa shape index (κ1) is 15.3. The van der Waals surface area contributed by atoms with Crippen LogP contribution in [0.2, 0.25) is 0 Å². The normalized spacial score (nSPS) is 11.5. The zero-order valence-corrected chi connectivity index (χ0v) is 12.7. The number of hydrogen-bond donors (Lipinski definition) is 2. The third-order valence-corrected chi connectivity index (χ3v) is 5.60. The smallest absolute Gasteiger partial charge is 0.309 e. The second-order valence-electron chi connectivity index (χ2n) is 4.16. The molecule has 0 amide bonds. The van der Waals surface area contributed by atoms with Crippen molar-refractivity contribution < 1.29 is 9.90 Å². The molecule has 0 aliphatic rings. The van der Waals surface area contributed by atoms with Gasteiger partial charge in [0.15, 0.2) is 5.13 Å². The topological polar surface area (TPSA) is 62.2 Å². The number of anilines is 1. The van der Waals surface area contributed by atoms with Crippen LogP contribution < -0.4 is 5.32 Å². The van der Waals surface area contributed by atoms with Crippen molar-refractivity contribution in [2.24, 2.45) is 0 Å². The summed E-state index contributed by atoms with van der Waals surface area (Å²) in [6.45, 7) is 5.25. The van der Waals surface area contributed by atoms with Gasteiger partial charge in [-0.3, -0.25) is 4.79 Å². The second kappa shape index (κ2) is 6.99. The number of hydrogen-bond acceptors (Lipinski definition) is 5. The van der Waals surface area contributed by atoms with Gasteiger partial charge in [0.05, 0.1) is 12.1 Å². The number of carboxylic acids is 1. The highest BCUT2D eigenvalue weighted by molar-refractivity contribution is 8.00. The fraction of sp³-hybridized carbons (Fsp3) is 0.667. The van der Waals surface area contributed by atoms with E-state index < -0.39 is 5.97 Å². The standard InChI is InChI=1S/C12H20N2O2S2/c1-4-12(5-2,17-3)8-13-11-14-9(7-18-11)6-10(15)16/h7H,4-6,8H2,1-3H3,(H,13,14)(H,15,16). The Labute approximate surface area is 116 Å². The van der Waals surface area contributed by atoms with Crippen LogP contribution in [0.3, 0.4) is 0 Å². The molecule has 4 nitrogen and oxygen atoms in total. The van der Waals surface area contributed by atoms with Gasteiger partial charge in [-0.15, -0.1) is 11.3 Å². The monoisotopic (exact) mass is 288 g/mol. The maximum absolute atomic E-state index is 10.6. The van der Waals surface area contributed by atoms with Gasteiger partial charge >= 0.3 is 5.97 Å². The molecule has 0 aliphatic heterocycles. The minimum atomic E-state index is -0.840. The predicted octanol–water partition coefficient (Wildman–Crippen LogP) is 3.10. The van der Waals surface area contributed by atoms with Gasteiger partial charge in [-0.05, 0) is 19.1 Å². The number of aliphatic carboxylic acids is 1. The number of carboxylic acid groups (broad SMARTS) is 1. The number of nitrogens with one attached hydrogen (secondary N) is 1. The lowest BCUT2D eigenvalue weighted by atomic mass is 10.0. The molecule has 1 rings (SSSR count). The first-order valence-electron chi connectivity index (χ1n) is 6.00. The molecule has 2 N–H and O–H groups in total. The van der Waals surface area contributed by atoms with Crippen molar-refractivity contribution in [1.29, 1.82) is 0 Å². The van der Waals surface area contributed by atoms with E-state index in [-0.39, 0.29) is 11.2 Å². The lowest BCUT2D eigenvalue weighted by molar-refractivity contribution is -0.136. The van der Waals surface area contributed by atoms with E-state index in [4.69, 9.17) is 5.11 Å². The van der Waals surface area contributed by atoms with E-state index in [2.05, 4.69) is 30.4 Å². The largest absolute Gasteiger partial charge is 0.481 e. The highest BCUT2D eigenvalue weighted by atomic mass is 32.2. The van der Waals surface area contributed by atoms with Crippen molar-refractivity contribution in [3.63, 3.8) is 0 Å². The molecule has 0 saturated heterocycles. The summed E-state index contributed by atoms with van der Waals surface area (Å²) in [6, 6.07) is 0. The Bertz CT molecular complexity index is 381. The van der Waals surface area contributed by atoms with Gasteiger partial charge in [0, 0.05) is 16.7 Å². The number of aromatic nitrogens is 1. The maximum atomic E-state index is 10.6. The lowest BCUT2D eigenvalue weighted by Gasteiger charge is -2.29. The number of nitrogens with zero attached hydrogens (tertiary/aromatic N) is 1. The molecule has 0 fully saturated rings. The van der Waals surface area contributed by atoms with Crippen molar-refractivity contribution in [1.82, 2.24) is 4.98 Å². The van der Waals surface area contributed by atoms with E-state index in [1.165, 1.54) is 11.3 Å². The van der Waals surface area contributed by atoms with Gasteiger partial charge in [0.1, 0.15) is 0 Å². The second-order valence-corrected chi connectivity index (χ2v) is 6.29. The Kier molecular flexibility index (Phi) is 5.95. The van der Waals surface area contributed by atoms with E-state index in [0.29, 0.717) is 5.69 Å². The molecule has 1 aromatic rings. The molecular formula is C12H20N2O2S2. The van der Waals surface area contributed by atoms with Crippen LogP contribution >= 0.6 is 23.1 Å². The van der Waals surface area contributed by atoms with Crippen molar-refractivity contribution in [3.8, 4) is 0 Å². The fourth-order valence-corrected chi connectivity index (χ4v) is 3.22. The number of thiazole rings is 1. The van der Waals surface area contributed by atoms with Crippen LogP contribution in [0.15, 0.2) is 5.38 Å². The van der Waals surface area contributed by atoms with Crippen LogP contribution in [0.5, 0.6) is 0 Å². The van der Waals surface area contributed by atoms with Crippen molar-refractivity contribution in [2.75, 3.05) is 18.1 Å². The first-order valence-corrected chi connectivity index (χ1v) is 8.11. The van der Waals surface area contributed by atoms with E-state index >= 15 is 0 Å². The van der Waals surface area contributed by atoms with Gasteiger partial charge in [-0.2, -0.15) is 11.8 Å². The summed E-state index contributed by atoms with van der Waals surface area (Å²) in [4.78, 5) is 14.8. The maximum Gasteiger partial charge on any atom is 0.309 e. The van der Waals surface area contributed by atoms with Gasteiger partial charge < -0.3 is 10.4 Å². The Morgan fingerprint density at radius 2 is 2.22 bits per heavy atom. The van der Waals surface area contributed by atoms with E-state index in [1.54, 1.807) is 5.38 Å². The first-order chi connectivity index (χ1) is 8.55. The SMILES string of the molecule is CCC(CC)(CNc1nc(CC(=O)O)cs1)SC. The van der Waals surface area contributed by atoms with Gasteiger partial charge in [-0.1, -0.05) is 13.8 Å². The van der Waals surface area contributed by atoms with Crippen molar-refractivity contribution in [3.05, 3.63) is 11.1 Å². The van der Waals surface area contributed by atoms with Gasteiger partial charge in [-0.25, -0.2) is 4.98 Å². The molecule has 6 heteroatoms. The molecule has 0 unspecified atom stereocenters. The van der Waals surface area contributed by atoms with Crippen molar-refractivity contribution in [2.45, 2.75) is 37.9 Å². The van der Waals surface area contributed by atoms with E-state index in [0.717, 1.165) is 24.5 Å². The summed E-state index contributed by atoms with van der Waals surface area (Å²) in [5, 5.41) is 14.6. The van der Waals surface area contributed by atoms with Crippen molar-refractivity contribution >= 4 is 34.2 Å². The van der Waals surface area contributed by atoms with E-state index in [9.17, 15) is 4.79 Å². The zero-order chi connectivity index (χ0) is 13.6. The Morgan fingerprint density at radius 3 is 2.72 bits per heavy atom. The van der Waals surface area contributed by atoms with Crippen LogP contribution in [-0.4, -0.2) is 33.6 Å². The molecular weight excluding hydrogens is 268 g/mol. The summed E-state index contributed by atoms with van der Waals surface area (Å²) in [7, 11) is 0. The zero-order valence-electron chi connectivity index (χ0n) is 11.0. The Balaban J connectivity index is 2.57. The molecule has 1 heterocycles. The van der Waals surface area contributed by atoms with E-state index in [1.807, 2.05) is 11.8 Å². The summed E-state index contributed by atoms with van der Waals surface area (Å²) in [6.07, 6.45) is 4.33. The summed E-state index contributed by atoms with van der Waals surface area (Å²) in [5.74, 6) is -0.840. The number of rotatable bonds is 8. The molecule has 0 saturated carbocycles. The summed E-state index contributed by atoms with van der Waals surface area (Å²) in [5.41, 5.74) is 0.623. The molecule has 0 radical (unpaired) electrons. The quantitative estimate of drug-likeness (QED) is 0.769. The summed E-state index contributed by atoms with van der Waals surface area (Å²) < 4.78 is 0.235. The van der Waals surface area contributed by atoms with Crippen LogP contribution in [0.1, 0.15) is 32.4 Å². The highest BCUT2D eigenvalue weighted by Crippen LogP contribution is 2.31. The molecule has 1 aromatic heterocycles. The molecule has 0 bridgehead atoms. The van der Waals surface area contributed by atoms with Crippen LogP contribution in [0.4, 0.5) is 5.13 Å². The van der Waals surface area contributed by atoms with Crippen LogP contribution in [-0.2, 0) is 11.2 Å². The predicted molar refractivity (Wildman–Crippen MR) is 78.8 cm³/mol. The summed E-state index contributed by atoms with van der Waals surface area (Å²) >= 11 is 3.34. The number of carbonyl (C=O) groups is 1. The molecule has 102 valence electrons. The highest BCUT2D eigenvalue weighted by Gasteiger charge is 2.24.